The van der Waals surface area contributed by atoms with E-state index in [1.165, 1.54) is 7.11 Å². The molecular formula is C18H20ClNO5. The van der Waals surface area contributed by atoms with Crippen LogP contribution in [0.3, 0.4) is 0 Å². The normalized spacial score (nSPS) is 10.1. The molecule has 25 heavy (non-hydrogen) atoms. The van der Waals surface area contributed by atoms with Gasteiger partial charge in [-0.25, -0.2) is 0 Å². The van der Waals surface area contributed by atoms with Gasteiger partial charge in [-0.15, -0.1) is 0 Å². The van der Waals surface area contributed by atoms with E-state index >= 15 is 0 Å². The first-order valence-electron chi connectivity index (χ1n) is 7.51. The summed E-state index contributed by atoms with van der Waals surface area (Å²) in [6, 6.07) is 10.4. The van der Waals surface area contributed by atoms with Gasteiger partial charge in [0.05, 0.1) is 21.3 Å². The summed E-state index contributed by atoms with van der Waals surface area (Å²) in [4.78, 5) is 11.9. The zero-order valence-corrected chi connectivity index (χ0v) is 15.1. The van der Waals surface area contributed by atoms with Gasteiger partial charge in [0.2, 0.25) is 5.75 Å². The Kier molecular flexibility index (Phi) is 6.77. The molecule has 1 amide bonds. The first-order chi connectivity index (χ1) is 12.1. The Balaban J connectivity index is 1.93. The van der Waals surface area contributed by atoms with Crippen molar-refractivity contribution in [1.29, 1.82) is 0 Å². The quantitative estimate of drug-likeness (QED) is 0.778. The van der Waals surface area contributed by atoms with E-state index in [1.807, 2.05) is 0 Å². The first-order valence-corrected chi connectivity index (χ1v) is 7.89. The fraction of sp³-hybridized carbons (Fsp3) is 0.278. The Morgan fingerprint density at radius 1 is 1.00 bits per heavy atom. The van der Waals surface area contributed by atoms with Crippen LogP contribution < -0.4 is 24.3 Å². The molecule has 0 aromatic heterocycles. The van der Waals surface area contributed by atoms with Crippen LogP contribution >= 0.6 is 11.6 Å². The Morgan fingerprint density at radius 2 is 1.60 bits per heavy atom. The minimum Gasteiger partial charge on any atom is -0.493 e. The minimum absolute atomic E-state index is 0.0912. The Labute approximate surface area is 151 Å². The van der Waals surface area contributed by atoms with Crippen LogP contribution in [-0.2, 0) is 11.3 Å². The van der Waals surface area contributed by atoms with E-state index in [0.717, 1.165) is 5.56 Å². The summed E-state index contributed by atoms with van der Waals surface area (Å²) in [6.45, 7) is 0.214. The molecule has 134 valence electrons. The lowest BCUT2D eigenvalue weighted by atomic mass is 10.1. The molecule has 2 aromatic carbocycles. The van der Waals surface area contributed by atoms with Crippen LogP contribution in [-0.4, -0.2) is 33.8 Å². The second kappa shape index (κ2) is 9.03. The van der Waals surface area contributed by atoms with Crippen LogP contribution in [0.4, 0.5) is 0 Å². The van der Waals surface area contributed by atoms with Crippen molar-refractivity contribution in [3.8, 4) is 23.0 Å². The summed E-state index contributed by atoms with van der Waals surface area (Å²) in [6.07, 6.45) is 0. The topological polar surface area (TPSA) is 66.0 Å². The predicted molar refractivity (Wildman–Crippen MR) is 94.9 cm³/mol. The molecule has 0 saturated carbocycles. The van der Waals surface area contributed by atoms with Crippen LogP contribution in [0.2, 0.25) is 5.02 Å². The van der Waals surface area contributed by atoms with E-state index in [0.29, 0.717) is 34.6 Å². The molecule has 6 nitrogen and oxygen atoms in total. The van der Waals surface area contributed by atoms with Crippen LogP contribution in [0.25, 0.3) is 0 Å². The van der Waals surface area contributed by atoms with Gasteiger partial charge in [-0.1, -0.05) is 11.6 Å². The van der Waals surface area contributed by atoms with E-state index in [2.05, 4.69) is 5.32 Å². The predicted octanol–water partition coefficient (Wildman–Crippen LogP) is 3.06. The minimum atomic E-state index is -0.247. The molecule has 0 atom stereocenters. The van der Waals surface area contributed by atoms with Gasteiger partial charge in [-0.3, -0.25) is 4.79 Å². The van der Waals surface area contributed by atoms with E-state index in [9.17, 15) is 4.79 Å². The van der Waals surface area contributed by atoms with Crippen molar-refractivity contribution in [2.45, 2.75) is 6.54 Å². The number of halogens is 1. The average molecular weight is 366 g/mol. The van der Waals surface area contributed by atoms with Crippen molar-refractivity contribution in [3.05, 3.63) is 47.0 Å². The maximum absolute atomic E-state index is 11.9. The van der Waals surface area contributed by atoms with E-state index in [4.69, 9.17) is 30.5 Å². The van der Waals surface area contributed by atoms with Crippen LogP contribution in [0.5, 0.6) is 23.0 Å². The largest absolute Gasteiger partial charge is 0.493 e. The molecule has 0 aliphatic heterocycles. The van der Waals surface area contributed by atoms with Gasteiger partial charge in [0.1, 0.15) is 5.75 Å². The lowest BCUT2D eigenvalue weighted by Crippen LogP contribution is -2.28. The average Bonchev–Trinajstić information content (AvgIpc) is 2.64. The summed E-state index contributed by atoms with van der Waals surface area (Å²) < 4.78 is 21.2. The first kappa shape index (κ1) is 18.7. The van der Waals surface area contributed by atoms with Crippen LogP contribution in [0, 0.1) is 0 Å². The molecule has 0 aliphatic carbocycles. The fourth-order valence-electron chi connectivity index (χ4n) is 2.17. The van der Waals surface area contributed by atoms with Gasteiger partial charge in [-0.05, 0) is 42.0 Å². The molecule has 0 bridgehead atoms. The van der Waals surface area contributed by atoms with Gasteiger partial charge < -0.3 is 24.3 Å². The van der Waals surface area contributed by atoms with Gasteiger partial charge in [0.25, 0.3) is 5.91 Å². The number of hydrogen-bond donors (Lipinski definition) is 1. The third kappa shape index (κ3) is 5.19. The van der Waals surface area contributed by atoms with Crippen molar-refractivity contribution < 1.29 is 23.7 Å². The molecule has 0 spiro atoms. The third-order valence-corrected chi connectivity index (χ3v) is 3.65. The van der Waals surface area contributed by atoms with E-state index < -0.39 is 0 Å². The van der Waals surface area contributed by atoms with Crippen molar-refractivity contribution in [2.75, 3.05) is 27.9 Å². The molecule has 0 aliphatic rings. The van der Waals surface area contributed by atoms with Gasteiger partial charge in [-0.2, -0.15) is 0 Å². The fourth-order valence-corrected chi connectivity index (χ4v) is 2.29. The summed E-state index contributed by atoms with van der Waals surface area (Å²) in [5.41, 5.74) is 0.814. The zero-order chi connectivity index (χ0) is 18.2. The van der Waals surface area contributed by atoms with Crippen molar-refractivity contribution in [1.82, 2.24) is 5.32 Å². The molecule has 0 fully saturated rings. The molecule has 1 N–H and O–H groups in total. The smallest absolute Gasteiger partial charge is 0.258 e. The van der Waals surface area contributed by atoms with Gasteiger partial charge >= 0.3 is 0 Å². The highest BCUT2D eigenvalue weighted by molar-refractivity contribution is 6.30. The zero-order valence-electron chi connectivity index (χ0n) is 14.3. The maximum atomic E-state index is 11.9. The number of nitrogens with one attached hydrogen (secondary N) is 1. The number of methoxy groups -OCH3 is 3. The highest BCUT2D eigenvalue weighted by atomic mass is 35.5. The van der Waals surface area contributed by atoms with Crippen molar-refractivity contribution in [2.24, 2.45) is 0 Å². The Hall–Kier alpha value is -2.60. The second-order valence-electron chi connectivity index (χ2n) is 5.05. The Morgan fingerprint density at radius 3 is 2.12 bits per heavy atom. The second-order valence-corrected chi connectivity index (χ2v) is 5.49. The number of benzene rings is 2. The highest BCUT2D eigenvalue weighted by Crippen LogP contribution is 2.38. The standard InChI is InChI=1S/C18H20ClNO5/c1-22-15-8-12(9-16(23-2)18(15)24-3)10-20-17(21)11-25-14-6-4-13(19)5-7-14/h4-9H,10-11H2,1-3H3,(H,20,21). The Bertz CT molecular complexity index is 693. The molecule has 7 heteroatoms. The van der Waals surface area contributed by atoms with Crippen molar-refractivity contribution in [3.63, 3.8) is 0 Å². The molecular weight excluding hydrogens is 346 g/mol. The molecule has 2 aromatic rings. The third-order valence-electron chi connectivity index (χ3n) is 3.40. The lowest BCUT2D eigenvalue weighted by Gasteiger charge is -2.14. The monoisotopic (exact) mass is 365 g/mol. The SMILES string of the molecule is COc1cc(CNC(=O)COc2ccc(Cl)cc2)cc(OC)c1OC. The van der Waals surface area contributed by atoms with Crippen LogP contribution in [0.1, 0.15) is 5.56 Å². The van der Waals surface area contributed by atoms with Crippen molar-refractivity contribution >= 4 is 17.5 Å². The molecule has 0 unspecified atom stereocenters. The summed E-state index contributed by atoms with van der Waals surface area (Å²) in [5.74, 6) is 1.90. The number of amides is 1. The summed E-state index contributed by atoms with van der Waals surface area (Å²) in [5, 5.41) is 3.39. The molecule has 0 radical (unpaired) electrons. The van der Waals surface area contributed by atoms with E-state index in [1.54, 1.807) is 50.6 Å². The number of ether oxygens (including phenoxy) is 4. The maximum Gasteiger partial charge on any atom is 0.258 e. The molecule has 0 heterocycles. The molecule has 2 rings (SSSR count). The van der Waals surface area contributed by atoms with Gasteiger partial charge in [0.15, 0.2) is 18.1 Å². The van der Waals surface area contributed by atoms with Gasteiger partial charge in [0, 0.05) is 11.6 Å². The summed E-state index contributed by atoms with van der Waals surface area (Å²) >= 11 is 5.80. The lowest BCUT2D eigenvalue weighted by molar-refractivity contribution is -0.123. The number of rotatable bonds is 8. The van der Waals surface area contributed by atoms with E-state index in [-0.39, 0.29) is 12.5 Å². The number of hydrogen-bond acceptors (Lipinski definition) is 5. The molecule has 0 saturated heterocycles. The number of carbonyl (C=O) groups is 1. The van der Waals surface area contributed by atoms with Crippen LogP contribution in [0.15, 0.2) is 36.4 Å². The summed E-state index contributed by atoms with van der Waals surface area (Å²) in [7, 11) is 4.62. The number of carbonyl (C=O) groups excluding carboxylic acids is 1. The highest BCUT2D eigenvalue weighted by Gasteiger charge is 2.13.